The SMILES string of the molecule is Nc1ccc(CNc2ccc(Cl)cc2[N+](=O)[O-])cn1. The summed E-state index contributed by atoms with van der Waals surface area (Å²) in [4.78, 5) is 14.4. The zero-order valence-electron chi connectivity index (χ0n) is 9.84. The number of anilines is 2. The van der Waals surface area contributed by atoms with E-state index in [0.717, 1.165) is 5.56 Å². The Hall–Kier alpha value is -2.34. The number of benzene rings is 1. The molecule has 0 spiro atoms. The monoisotopic (exact) mass is 278 g/mol. The Balaban J connectivity index is 2.15. The topological polar surface area (TPSA) is 94.1 Å². The second-order valence-corrected chi connectivity index (χ2v) is 4.30. The number of pyridine rings is 1. The number of nitro groups is 1. The highest BCUT2D eigenvalue weighted by Gasteiger charge is 2.13. The van der Waals surface area contributed by atoms with Crippen LogP contribution in [-0.2, 0) is 6.54 Å². The molecular weight excluding hydrogens is 268 g/mol. The van der Waals surface area contributed by atoms with Crippen molar-refractivity contribution < 1.29 is 4.92 Å². The minimum atomic E-state index is -0.477. The molecule has 19 heavy (non-hydrogen) atoms. The fourth-order valence-corrected chi connectivity index (χ4v) is 1.71. The second-order valence-electron chi connectivity index (χ2n) is 3.86. The lowest BCUT2D eigenvalue weighted by Gasteiger charge is -2.07. The third kappa shape index (κ3) is 3.32. The molecule has 0 aliphatic heterocycles. The number of nitrogens with two attached hydrogens (primary N) is 1. The summed E-state index contributed by atoms with van der Waals surface area (Å²) in [7, 11) is 0. The lowest BCUT2D eigenvalue weighted by molar-refractivity contribution is -0.383. The van der Waals surface area contributed by atoms with Crippen molar-refractivity contribution in [1.82, 2.24) is 4.98 Å². The molecule has 0 unspecified atom stereocenters. The fraction of sp³-hybridized carbons (Fsp3) is 0.0833. The first-order chi connectivity index (χ1) is 9.06. The summed E-state index contributed by atoms with van der Waals surface area (Å²) in [6.45, 7) is 0.412. The van der Waals surface area contributed by atoms with Crippen molar-refractivity contribution in [3.05, 3.63) is 57.2 Å². The molecule has 1 aromatic heterocycles. The molecule has 0 aliphatic carbocycles. The highest BCUT2D eigenvalue weighted by Crippen LogP contribution is 2.28. The number of nitrogen functional groups attached to an aromatic ring is 1. The van der Waals surface area contributed by atoms with Crippen LogP contribution < -0.4 is 11.1 Å². The van der Waals surface area contributed by atoms with Crippen LogP contribution in [0.2, 0.25) is 5.02 Å². The van der Waals surface area contributed by atoms with Gasteiger partial charge in [-0.1, -0.05) is 17.7 Å². The number of nitrogens with one attached hydrogen (secondary N) is 1. The van der Waals surface area contributed by atoms with Gasteiger partial charge in [0.2, 0.25) is 0 Å². The van der Waals surface area contributed by atoms with Crippen LogP contribution in [-0.4, -0.2) is 9.91 Å². The first kappa shape index (κ1) is 13.1. The molecule has 6 nitrogen and oxygen atoms in total. The highest BCUT2D eigenvalue weighted by atomic mass is 35.5. The lowest BCUT2D eigenvalue weighted by atomic mass is 10.2. The van der Waals surface area contributed by atoms with E-state index in [9.17, 15) is 10.1 Å². The molecule has 0 amide bonds. The summed E-state index contributed by atoms with van der Waals surface area (Å²) in [5.41, 5.74) is 6.70. The second kappa shape index (κ2) is 5.53. The van der Waals surface area contributed by atoms with Gasteiger partial charge in [-0.05, 0) is 23.8 Å². The molecule has 0 aliphatic rings. The van der Waals surface area contributed by atoms with Crippen molar-refractivity contribution in [2.24, 2.45) is 0 Å². The Morgan fingerprint density at radius 2 is 2.16 bits per heavy atom. The number of hydrogen-bond acceptors (Lipinski definition) is 5. The van der Waals surface area contributed by atoms with Gasteiger partial charge >= 0.3 is 0 Å². The number of nitro benzene ring substituents is 1. The van der Waals surface area contributed by atoms with Crippen LogP contribution in [0.25, 0.3) is 0 Å². The summed E-state index contributed by atoms with van der Waals surface area (Å²) in [5.74, 6) is 0.432. The predicted octanol–water partition coefficient (Wildman–Crippen LogP) is 2.84. The van der Waals surface area contributed by atoms with Gasteiger partial charge in [0.05, 0.1) is 4.92 Å². The Labute approximate surface area is 114 Å². The molecule has 0 saturated carbocycles. The number of nitrogens with zero attached hydrogens (tertiary/aromatic N) is 2. The van der Waals surface area contributed by atoms with Gasteiger partial charge in [-0.15, -0.1) is 0 Å². The van der Waals surface area contributed by atoms with Gasteiger partial charge in [0.1, 0.15) is 11.5 Å². The first-order valence-corrected chi connectivity index (χ1v) is 5.82. The number of rotatable bonds is 4. The van der Waals surface area contributed by atoms with Gasteiger partial charge in [-0.25, -0.2) is 4.98 Å². The van der Waals surface area contributed by atoms with E-state index < -0.39 is 4.92 Å². The van der Waals surface area contributed by atoms with Crippen molar-refractivity contribution in [3.8, 4) is 0 Å². The maximum Gasteiger partial charge on any atom is 0.293 e. The molecule has 0 saturated heterocycles. The van der Waals surface area contributed by atoms with Crippen molar-refractivity contribution >= 4 is 28.8 Å². The van der Waals surface area contributed by atoms with Gasteiger partial charge in [-0.3, -0.25) is 10.1 Å². The van der Waals surface area contributed by atoms with Crippen LogP contribution in [0.3, 0.4) is 0 Å². The zero-order chi connectivity index (χ0) is 13.8. The molecule has 7 heteroatoms. The van der Waals surface area contributed by atoms with Gasteiger partial charge < -0.3 is 11.1 Å². The molecule has 0 bridgehead atoms. The molecule has 0 atom stereocenters. The summed E-state index contributed by atoms with van der Waals surface area (Å²) in [6.07, 6.45) is 1.62. The molecule has 3 N–H and O–H groups in total. The first-order valence-electron chi connectivity index (χ1n) is 5.44. The van der Waals surface area contributed by atoms with Crippen LogP contribution in [0.1, 0.15) is 5.56 Å². The van der Waals surface area contributed by atoms with Crippen LogP contribution >= 0.6 is 11.6 Å². The standard InChI is InChI=1S/C12H11ClN4O2/c13-9-2-3-10(11(5-9)17(18)19)15-6-8-1-4-12(14)16-7-8/h1-5,7,15H,6H2,(H2,14,16). The summed E-state index contributed by atoms with van der Waals surface area (Å²) >= 11 is 5.74. The van der Waals surface area contributed by atoms with Crippen LogP contribution in [0.15, 0.2) is 36.5 Å². The largest absolute Gasteiger partial charge is 0.384 e. The Bertz CT molecular complexity index is 601. The fourth-order valence-electron chi connectivity index (χ4n) is 1.54. The van der Waals surface area contributed by atoms with Crippen LogP contribution in [0, 0.1) is 10.1 Å². The van der Waals surface area contributed by atoms with E-state index in [-0.39, 0.29) is 5.69 Å². The summed E-state index contributed by atoms with van der Waals surface area (Å²) in [6, 6.07) is 7.96. The van der Waals surface area contributed by atoms with E-state index in [4.69, 9.17) is 17.3 Å². The lowest BCUT2D eigenvalue weighted by Crippen LogP contribution is -2.03. The van der Waals surface area contributed by atoms with E-state index in [1.807, 2.05) is 0 Å². The number of hydrogen-bond donors (Lipinski definition) is 2. The van der Waals surface area contributed by atoms with E-state index >= 15 is 0 Å². The van der Waals surface area contributed by atoms with Crippen molar-refractivity contribution in [2.75, 3.05) is 11.1 Å². The van der Waals surface area contributed by atoms with Gasteiger partial charge in [0, 0.05) is 23.8 Å². The van der Waals surface area contributed by atoms with Crippen molar-refractivity contribution in [2.45, 2.75) is 6.54 Å². The Kier molecular flexibility index (Phi) is 3.82. The summed E-state index contributed by atoms with van der Waals surface area (Å²) < 4.78 is 0. The molecule has 0 fully saturated rings. The number of halogens is 1. The smallest absolute Gasteiger partial charge is 0.293 e. The normalized spacial score (nSPS) is 10.2. The van der Waals surface area contributed by atoms with E-state index in [0.29, 0.717) is 23.1 Å². The van der Waals surface area contributed by atoms with Crippen molar-refractivity contribution in [3.63, 3.8) is 0 Å². The maximum absolute atomic E-state index is 10.9. The Morgan fingerprint density at radius 1 is 1.37 bits per heavy atom. The molecule has 0 radical (unpaired) electrons. The molecule has 98 valence electrons. The van der Waals surface area contributed by atoms with Gasteiger partial charge in [0.25, 0.3) is 5.69 Å². The number of aromatic nitrogens is 1. The van der Waals surface area contributed by atoms with Crippen LogP contribution in [0.5, 0.6) is 0 Å². The van der Waals surface area contributed by atoms with E-state index in [2.05, 4.69) is 10.3 Å². The van der Waals surface area contributed by atoms with Gasteiger partial charge in [-0.2, -0.15) is 0 Å². The predicted molar refractivity (Wildman–Crippen MR) is 74.1 cm³/mol. The van der Waals surface area contributed by atoms with Gasteiger partial charge in [0.15, 0.2) is 0 Å². The summed E-state index contributed by atoms with van der Waals surface area (Å²) in [5, 5.41) is 14.2. The molecule has 2 aromatic rings. The minimum absolute atomic E-state index is 0.0593. The average molecular weight is 279 g/mol. The Morgan fingerprint density at radius 3 is 2.79 bits per heavy atom. The molecular formula is C12H11ClN4O2. The maximum atomic E-state index is 10.9. The zero-order valence-corrected chi connectivity index (χ0v) is 10.6. The minimum Gasteiger partial charge on any atom is -0.384 e. The quantitative estimate of drug-likeness (QED) is 0.662. The van der Waals surface area contributed by atoms with Crippen LogP contribution in [0.4, 0.5) is 17.2 Å². The average Bonchev–Trinajstić information content (AvgIpc) is 2.39. The molecule has 1 heterocycles. The third-order valence-electron chi connectivity index (χ3n) is 2.49. The highest BCUT2D eigenvalue weighted by molar-refractivity contribution is 6.30. The molecule has 2 rings (SSSR count). The van der Waals surface area contributed by atoms with E-state index in [1.54, 1.807) is 30.5 Å². The van der Waals surface area contributed by atoms with Crippen molar-refractivity contribution in [1.29, 1.82) is 0 Å². The van der Waals surface area contributed by atoms with E-state index in [1.165, 1.54) is 6.07 Å². The molecule has 1 aromatic carbocycles. The third-order valence-corrected chi connectivity index (χ3v) is 2.72.